The number of aryl methyl sites for hydroxylation is 1. The average molecular weight is 454 g/mol. The van der Waals surface area contributed by atoms with E-state index in [4.69, 9.17) is 9.97 Å². The van der Waals surface area contributed by atoms with Gasteiger partial charge >= 0.3 is 5.97 Å². The highest BCUT2D eigenvalue weighted by Crippen LogP contribution is 2.28. The van der Waals surface area contributed by atoms with Crippen LogP contribution in [0.3, 0.4) is 0 Å². The number of hydrogen-bond acceptors (Lipinski definition) is 5. The Morgan fingerprint density at radius 3 is 2.32 bits per heavy atom. The number of aromatic hydroxyl groups is 1. The minimum absolute atomic E-state index is 0.0850. The van der Waals surface area contributed by atoms with E-state index in [-0.39, 0.29) is 24.5 Å². The largest absolute Gasteiger partial charge is 0.508 e. The van der Waals surface area contributed by atoms with Crippen LogP contribution >= 0.6 is 0 Å². The zero-order valence-corrected chi connectivity index (χ0v) is 18.2. The minimum atomic E-state index is -1.12. The summed E-state index contributed by atoms with van der Waals surface area (Å²) in [5.74, 6) is -1.39. The Bertz CT molecular complexity index is 1530. The standard InChI is InChI=1S/C26H22N4O4/c31-17-11-9-16(10-12-17)15-21(26(33)34)27-23(32)13-14-30-22-8-4-1-5-18(22)24-25(30)29-20-7-3-2-6-19(20)28-24/h1-12,21,31H,13-15H2,(H,27,32)(H,33,34). The van der Waals surface area contributed by atoms with Gasteiger partial charge in [-0.1, -0.05) is 42.5 Å². The molecule has 5 aromatic rings. The molecule has 8 nitrogen and oxygen atoms in total. The number of rotatable bonds is 7. The first-order valence-corrected chi connectivity index (χ1v) is 10.9. The molecule has 0 fully saturated rings. The van der Waals surface area contributed by atoms with Gasteiger partial charge < -0.3 is 20.1 Å². The van der Waals surface area contributed by atoms with Crippen molar-refractivity contribution in [2.24, 2.45) is 0 Å². The van der Waals surface area contributed by atoms with Crippen molar-refractivity contribution in [2.75, 3.05) is 0 Å². The number of benzene rings is 3. The van der Waals surface area contributed by atoms with Crippen LogP contribution in [-0.4, -0.2) is 42.7 Å². The highest BCUT2D eigenvalue weighted by atomic mass is 16.4. The van der Waals surface area contributed by atoms with Crippen molar-refractivity contribution in [2.45, 2.75) is 25.4 Å². The fourth-order valence-electron chi connectivity index (χ4n) is 4.16. The van der Waals surface area contributed by atoms with Crippen molar-refractivity contribution < 1.29 is 19.8 Å². The average Bonchev–Trinajstić information content (AvgIpc) is 3.14. The van der Waals surface area contributed by atoms with Crippen LogP contribution in [0.15, 0.2) is 72.8 Å². The molecule has 0 saturated heterocycles. The lowest BCUT2D eigenvalue weighted by Gasteiger charge is -2.15. The second-order valence-corrected chi connectivity index (χ2v) is 8.13. The summed E-state index contributed by atoms with van der Waals surface area (Å²) in [5.41, 5.74) is 4.64. The zero-order valence-electron chi connectivity index (χ0n) is 18.2. The van der Waals surface area contributed by atoms with Crippen LogP contribution in [0, 0.1) is 0 Å². The number of carboxylic acids is 1. The van der Waals surface area contributed by atoms with Gasteiger partial charge in [-0.3, -0.25) is 4.79 Å². The number of para-hydroxylation sites is 3. The quantitative estimate of drug-likeness (QED) is 0.346. The third-order valence-electron chi connectivity index (χ3n) is 5.83. The Morgan fingerprint density at radius 1 is 0.912 bits per heavy atom. The summed E-state index contributed by atoms with van der Waals surface area (Å²) in [4.78, 5) is 34.0. The number of aliphatic carboxylic acids is 1. The van der Waals surface area contributed by atoms with E-state index in [1.54, 1.807) is 12.1 Å². The first-order valence-electron chi connectivity index (χ1n) is 10.9. The van der Waals surface area contributed by atoms with Gasteiger partial charge in [0.05, 0.1) is 16.6 Å². The van der Waals surface area contributed by atoms with Crippen molar-refractivity contribution in [1.29, 1.82) is 0 Å². The molecule has 3 N–H and O–H groups in total. The zero-order chi connectivity index (χ0) is 23.7. The number of phenols is 1. The summed E-state index contributed by atoms with van der Waals surface area (Å²) in [6.07, 6.45) is 0.204. The van der Waals surface area contributed by atoms with Crippen LogP contribution in [-0.2, 0) is 22.6 Å². The highest BCUT2D eigenvalue weighted by molar-refractivity contribution is 6.06. The maximum Gasteiger partial charge on any atom is 0.326 e. The second kappa shape index (κ2) is 8.82. The molecular formula is C26H22N4O4. The Labute approximate surface area is 194 Å². The Morgan fingerprint density at radius 2 is 1.59 bits per heavy atom. The molecular weight excluding hydrogens is 432 g/mol. The number of aromatic nitrogens is 3. The van der Waals surface area contributed by atoms with Gasteiger partial charge in [-0.15, -0.1) is 0 Å². The maximum absolute atomic E-state index is 12.7. The number of phenolic OH excluding ortho intramolecular Hbond substituents is 1. The van der Waals surface area contributed by atoms with E-state index in [0.29, 0.717) is 17.8 Å². The molecule has 3 aromatic carbocycles. The minimum Gasteiger partial charge on any atom is -0.508 e. The van der Waals surface area contributed by atoms with Gasteiger partial charge in [0.25, 0.3) is 0 Å². The van der Waals surface area contributed by atoms with E-state index in [2.05, 4.69) is 5.32 Å². The molecule has 1 amide bonds. The predicted molar refractivity (Wildman–Crippen MR) is 129 cm³/mol. The monoisotopic (exact) mass is 454 g/mol. The molecule has 2 aromatic heterocycles. The number of carboxylic acid groups (broad SMARTS) is 1. The van der Waals surface area contributed by atoms with Crippen LogP contribution in [0.25, 0.3) is 33.1 Å². The van der Waals surface area contributed by atoms with E-state index in [0.717, 1.165) is 27.5 Å². The molecule has 0 bridgehead atoms. The van der Waals surface area contributed by atoms with E-state index >= 15 is 0 Å². The van der Waals surface area contributed by atoms with E-state index < -0.39 is 12.0 Å². The van der Waals surface area contributed by atoms with E-state index in [1.807, 2.05) is 53.1 Å². The Hall–Kier alpha value is -4.46. The van der Waals surface area contributed by atoms with Crippen molar-refractivity contribution in [3.05, 3.63) is 78.4 Å². The molecule has 1 atom stereocenters. The Balaban J connectivity index is 1.39. The topological polar surface area (TPSA) is 117 Å². The molecule has 8 heteroatoms. The van der Waals surface area contributed by atoms with Gasteiger partial charge in [0.15, 0.2) is 5.65 Å². The number of nitrogens with zero attached hydrogens (tertiary/aromatic N) is 3. The first-order chi connectivity index (χ1) is 16.5. The molecule has 0 aliphatic carbocycles. The smallest absolute Gasteiger partial charge is 0.326 e. The van der Waals surface area contributed by atoms with Crippen LogP contribution < -0.4 is 5.32 Å². The van der Waals surface area contributed by atoms with Gasteiger partial charge in [0.2, 0.25) is 5.91 Å². The molecule has 0 aliphatic rings. The predicted octanol–water partition coefficient (Wildman–Crippen LogP) is 3.65. The van der Waals surface area contributed by atoms with E-state index in [1.165, 1.54) is 12.1 Å². The van der Waals surface area contributed by atoms with Crippen molar-refractivity contribution in [1.82, 2.24) is 19.9 Å². The van der Waals surface area contributed by atoms with E-state index in [9.17, 15) is 19.8 Å². The third kappa shape index (κ3) is 4.13. The number of carbonyl (C=O) groups is 2. The lowest BCUT2D eigenvalue weighted by atomic mass is 10.1. The molecule has 170 valence electrons. The SMILES string of the molecule is O=C(CCn1c2ccccc2c2nc3ccccc3nc21)NC(Cc1ccc(O)cc1)C(=O)O. The van der Waals surface area contributed by atoms with Gasteiger partial charge in [-0.05, 0) is 35.9 Å². The summed E-state index contributed by atoms with van der Waals surface area (Å²) in [6, 6.07) is 20.6. The first kappa shape index (κ1) is 21.4. The number of carbonyl (C=O) groups excluding carboxylic acids is 1. The summed E-state index contributed by atoms with van der Waals surface area (Å²) in [5, 5.41) is 22.6. The van der Waals surface area contributed by atoms with Crippen molar-refractivity contribution >= 4 is 45.0 Å². The van der Waals surface area contributed by atoms with Crippen molar-refractivity contribution in [3.63, 3.8) is 0 Å². The number of amides is 1. The van der Waals surface area contributed by atoms with Crippen LogP contribution in [0.4, 0.5) is 0 Å². The Kier molecular flexibility index (Phi) is 5.55. The van der Waals surface area contributed by atoms with Gasteiger partial charge in [0, 0.05) is 24.8 Å². The summed E-state index contributed by atoms with van der Waals surface area (Å²) >= 11 is 0. The number of nitrogens with one attached hydrogen (secondary N) is 1. The lowest BCUT2D eigenvalue weighted by Crippen LogP contribution is -2.42. The molecule has 1 unspecified atom stereocenters. The molecule has 5 rings (SSSR count). The molecule has 0 radical (unpaired) electrons. The summed E-state index contributed by atoms with van der Waals surface area (Å²) < 4.78 is 1.96. The molecule has 0 saturated carbocycles. The normalized spacial score (nSPS) is 12.2. The fourth-order valence-corrected chi connectivity index (χ4v) is 4.16. The van der Waals surface area contributed by atoms with Crippen LogP contribution in [0.1, 0.15) is 12.0 Å². The highest BCUT2D eigenvalue weighted by Gasteiger charge is 2.21. The number of fused-ring (bicyclic) bond motifs is 4. The lowest BCUT2D eigenvalue weighted by molar-refractivity contribution is -0.141. The fraction of sp³-hybridized carbons (Fsp3) is 0.154. The molecule has 0 spiro atoms. The van der Waals surface area contributed by atoms with Crippen LogP contribution in [0.2, 0.25) is 0 Å². The van der Waals surface area contributed by atoms with Crippen LogP contribution in [0.5, 0.6) is 5.75 Å². The molecule has 2 heterocycles. The third-order valence-corrected chi connectivity index (χ3v) is 5.83. The second-order valence-electron chi connectivity index (χ2n) is 8.13. The summed E-state index contributed by atoms with van der Waals surface area (Å²) in [7, 11) is 0. The number of hydrogen-bond donors (Lipinski definition) is 3. The van der Waals surface area contributed by atoms with Gasteiger partial charge in [0.1, 0.15) is 17.3 Å². The van der Waals surface area contributed by atoms with Gasteiger partial charge in [-0.25, -0.2) is 14.8 Å². The molecule has 34 heavy (non-hydrogen) atoms. The van der Waals surface area contributed by atoms with Crippen molar-refractivity contribution in [3.8, 4) is 5.75 Å². The molecule has 0 aliphatic heterocycles. The van der Waals surface area contributed by atoms with Gasteiger partial charge in [-0.2, -0.15) is 0 Å². The maximum atomic E-state index is 12.7. The summed E-state index contributed by atoms with van der Waals surface area (Å²) in [6.45, 7) is 0.328.